The fourth-order valence-electron chi connectivity index (χ4n) is 3.63. The number of benzene rings is 2. The highest BCUT2D eigenvalue weighted by Crippen LogP contribution is 2.38. The van der Waals surface area contributed by atoms with Crippen molar-refractivity contribution in [1.82, 2.24) is 9.80 Å². The number of hydrogen-bond donors (Lipinski definition) is 0. The highest BCUT2D eigenvalue weighted by molar-refractivity contribution is 5.99. The van der Waals surface area contributed by atoms with E-state index in [0.29, 0.717) is 29.6 Å². The summed E-state index contributed by atoms with van der Waals surface area (Å²) in [6.45, 7) is 0.977. The maximum Gasteiger partial charge on any atom is 0.290 e. The fraction of sp³-hybridized carbons (Fsp3) is 0.238. The van der Waals surface area contributed by atoms with E-state index >= 15 is 0 Å². The third-order valence-electron chi connectivity index (χ3n) is 5.08. The van der Waals surface area contributed by atoms with Crippen LogP contribution in [0.4, 0.5) is 5.69 Å². The molecule has 0 spiro atoms. The van der Waals surface area contributed by atoms with Crippen molar-refractivity contribution in [1.29, 1.82) is 0 Å². The Morgan fingerprint density at radius 1 is 1.10 bits per heavy atom. The second-order valence-electron chi connectivity index (χ2n) is 7.22. The van der Waals surface area contributed by atoms with Crippen molar-refractivity contribution >= 4 is 22.6 Å². The molecule has 2 heterocycles. The highest BCUT2D eigenvalue weighted by atomic mass is 16.6. The molecule has 0 fully saturated rings. The maximum absolute atomic E-state index is 13.3. The van der Waals surface area contributed by atoms with Crippen molar-refractivity contribution in [3.8, 4) is 0 Å². The second kappa shape index (κ2) is 7.14. The molecule has 1 amide bonds. The first-order valence-electron chi connectivity index (χ1n) is 9.14. The van der Waals surface area contributed by atoms with Crippen LogP contribution in [-0.2, 0) is 0 Å². The minimum Gasteiger partial charge on any atom is -0.450 e. The molecule has 1 aromatic heterocycles. The second-order valence-corrected chi connectivity index (χ2v) is 7.22. The largest absolute Gasteiger partial charge is 0.450 e. The molecule has 0 unspecified atom stereocenters. The summed E-state index contributed by atoms with van der Waals surface area (Å²) in [5.74, 6) is -0.316. The van der Waals surface area contributed by atoms with Gasteiger partial charge in [0.15, 0.2) is 5.43 Å². The number of amides is 1. The predicted molar refractivity (Wildman–Crippen MR) is 107 cm³/mol. The molecule has 0 N–H and O–H groups in total. The Labute approximate surface area is 166 Å². The average Bonchev–Trinajstić information content (AvgIpc) is 2.99. The standard InChI is InChI=1S/C21H19N3O5/c1-22(2)11-12-23-18(13-7-9-14(10-8-13)24(27)28)17-19(25)15-5-3-4-6-16(15)29-20(17)21(23)26/h3-10,18H,11-12H2,1-2H3/t18-/m1/s1. The van der Waals surface area contributed by atoms with Crippen LogP contribution in [0.2, 0.25) is 0 Å². The minimum absolute atomic E-state index is 0.0378. The topological polar surface area (TPSA) is 96.9 Å². The Bertz CT molecular complexity index is 1170. The van der Waals surface area contributed by atoms with Crippen LogP contribution in [0.25, 0.3) is 11.0 Å². The molecule has 3 aromatic rings. The summed E-state index contributed by atoms with van der Waals surface area (Å²) in [4.78, 5) is 40.4. The smallest absolute Gasteiger partial charge is 0.290 e. The zero-order valence-electron chi connectivity index (χ0n) is 16.0. The van der Waals surface area contributed by atoms with Gasteiger partial charge in [0, 0.05) is 25.2 Å². The third-order valence-corrected chi connectivity index (χ3v) is 5.08. The van der Waals surface area contributed by atoms with Crippen LogP contribution in [-0.4, -0.2) is 47.8 Å². The zero-order valence-corrected chi connectivity index (χ0v) is 16.0. The molecule has 1 aliphatic rings. The van der Waals surface area contributed by atoms with Gasteiger partial charge in [0.2, 0.25) is 5.76 Å². The zero-order chi connectivity index (χ0) is 20.7. The Morgan fingerprint density at radius 2 is 1.79 bits per heavy atom. The molecule has 0 radical (unpaired) electrons. The normalized spacial score (nSPS) is 15.9. The van der Waals surface area contributed by atoms with E-state index in [-0.39, 0.29) is 28.3 Å². The number of non-ortho nitro benzene ring substituents is 1. The van der Waals surface area contributed by atoms with Gasteiger partial charge in [0.05, 0.1) is 21.9 Å². The lowest BCUT2D eigenvalue weighted by atomic mass is 9.98. The summed E-state index contributed by atoms with van der Waals surface area (Å²) in [6.07, 6.45) is 0. The van der Waals surface area contributed by atoms with Gasteiger partial charge in [0.25, 0.3) is 11.6 Å². The third kappa shape index (κ3) is 3.17. The lowest BCUT2D eigenvalue weighted by molar-refractivity contribution is -0.384. The van der Waals surface area contributed by atoms with Crippen LogP contribution in [0.5, 0.6) is 0 Å². The molecule has 0 saturated heterocycles. The molecular weight excluding hydrogens is 374 g/mol. The van der Waals surface area contributed by atoms with Crippen molar-refractivity contribution in [2.75, 3.05) is 27.2 Å². The Balaban J connectivity index is 1.90. The molecule has 148 valence electrons. The summed E-state index contributed by atoms with van der Waals surface area (Å²) in [5.41, 5.74) is 0.960. The van der Waals surface area contributed by atoms with Crippen LogP contribution in [0, 0.1) is 10.1 Å². The van der Waals surface area contributed by atoms with E-state index in [1.54, 1.807) is 41.3 Å². The van der Waals surface area contributed by atoms with E-state index in [0.717, 1.165) is 0 Å². The summed E-state index contributed by atoms with van der Waals surface area (Å²) >= 11 is 0. The average molecular weight is 393 g/mol. The Kier molecular flexibility index (Phi) is 4.63. The quantitative estimate of drug-likeness (QED) is 0.488. The molecule has 29 heavy (non-hydrogen) atoms. The number of nitrogens with zero attached hydrogens (tertiary/aromatic N) is 3. The fourth-order valence-corrected chi connectivity index (χ4v) is 3.63. The van der Waals surface area contributed by atoms with E-state index in [4.69, 9.17) is 4.42 Å². The monoisotopic (exact) mass is 393 g/mol. The number of hydrogen-bond acceptors (Lipinski definition) is 6. The van der Waals surface area contributed by atoms with Gasteiger partial charge < -0.3 is 14.2 Å². The predicted octanol–water partition coefficient (Wildman–Crippen LogP) is 2.81. The van der Waals surface area contributed by atoms with Crippen molar-refractivity contribution in [3.63, 3.8) is 0 Å². The van der Waals surface area contributed by atoms with Gasteiger partial charge in [-0.1, -0.05) is 12.1 Å². The molecule has 0 saturated carbocycles. The number of carbonyl (C=O) groups is 1. The number of nitro benzene ring substituents is 1. The van der Waals surface area contributed by atoms with Crippen LogP contribution in [0.3, 0.4) is 0 Å². The number of rotatable bonds is 5. The van der Waals surface area contributed by atoms with E-state index in [1.165, 1.54) is 12.1 Å². The molecule has 8 heteroatoms. The molecule has 0 aliphatic carbocycles. The molecule has 1 atom stereocenters. The molecule has 2 aromatic carbocycles. The van der Waals surface area contributed by atoms with Crippen LogP contribution < -0.4 is 5.43 Å². The number of para-hydroxylation sites is 1. The van der Waals surface area contributed by atoms with Crippen molar-refractivity contribution in [2.45, 2.75) is 6.04 Å². The van der Waals surface area contributed by atoms with Gasteiger partial charge in [-0.25, -0.2) is 0 Å². The molecule has 0 bridgehead atoms. The number of fused-ring (bicyclic) bond motifs is 2. The first kappa shape index (κ1) is 18.8. The Hall–Kier alpha value is -3.52. The maximum atomic E-state index is 13.3. The first-order valence-corrected chi connectivity index (χ1v) is 9.14. The summed E-state index contributed by atoms with van der Waals surface area (Å²) in [6, 6.07) is 12.1. The molecule has 4 rings (SSSR count). The van der Waals surface area contributed by atoms with E-state index in [9.17, 15) is 19.7 Å². The summed E-state index contributed by atoms with van der Waals surface area (Å²) < 4.78 is 5.84. The van der Waals surface area contributed by atoms with Gasteiger partial charge >= 0.3 is 0 Å². The number of nitro groups is 1. The van der Waals surface area contributed by atoms with Crippen LogP contribution >= 0.6 is 0 Å². The minimum atomic E-state index is -0.654. The number of carbonyl (C=O) groups excluding carboxylic acids is 1. The molecular formula is C21H19N3O5. The molecule has 1 aliphatic heterocycles. The summed E-state index contributed by atoms with van der Waals surface area (Å²) in [5, 5.41) is 11.4. The van der Waals surface area contributed by atoms with E-state index in [1.807, 2.05) is 19.0 Å². The van der Waals surface area contributed by atoms with Gasteiger partial charge in [-0.3, -0.25) is 19.7 Å². The van der Waals surface area contributed by atoms with Gasteiger partial charge in [-0.2, -0.15) is 0 Å². The SMILES string of the molecule is CN(C)CCN1C(=O)c2oc3ccccc3c(=O)c2[C@H]1c1ccc([N+](=O)[O-])cc1. The van der Waals surface area contributed by atoms with Crippen molar-refractivity contribution < 1.29 is 14.1 Å². The molecule has 8 nitrogen and oxygen atoms in total. The van der Waals surface area contributed by atoms with Gasteiger partial charge in [0.1, 0.15) is 5.58 Å². The lowest BCUT2D eigenvalue weighted by Crippen LogP contribution is -2.35. The van der Waals surface area contributed by atoms with Crippen molar-refractivity contribution in [3.05, 3.63) is 85.8 Å². The lowest BCUT2D eigenvalue weighted by Gasteiger charge is -2.26. The summed E-state index contributed by atoms with van der Waals surface area (Å²) in [7, 11) is 3.79. The highest BCUT2D eigenvalue weighted by Gasteiger charge is 2.42. The number of likely N-dealkylation sites (N-methyl/N-ethyl adjacent to an activating group) is 1. The van der Waals surface area contributed by atoms with Crippen LogP contribution in [0.15, 0.2) is 57.7 Å². The van der Waals surface area contributed by atoms with Gasteiger partial charge in [-0.15, -0.1) is 0 Å². The van der Waals surface area contributed by atoms with E-state index in [2.05, 4.69) is 0 Å². The Morgan fingerprint density at radius 3 is 2.45 bits per heavy atom. The van der Waals surface area contributed by atoms with E-state index < -0.39 is 11.0 Å². The van der Waals surface area contributed by atoms with Gasteiger partial charge in [-0.05, 0) is 43.9 Å². The van der Waals surface area contributed by atoms with Crippen LogP contribution in [0.1, 0.15) is 27.7 Å². The van der Waals surface area contributed by atoms with Crippen molar-refractivity contribution in [2.24, 2.45) is 0 Å². The first-order chi connectivity index (χ1) is 13.9.